The Hall–Kier alpha value is -1.40. The van der Waals surface area contributed by atoms with Crippen LogP contribution in [0.1, 0.15) is 25.3 Å². The van der Waals surface area contributed by atoms with Crippen molar-refractivity contribution in [2.75, 3.05) is 6.54 Å². The van der Waals surface area contributed by atoms with E-state index in [1.807, 2.05) is 6.92 Å². The lowest BCUT2D eigenvalue weighted by molar-refractivity contribution is -0.123. The maximum atomic E-state index is 12.8. The first-order valence-electron chi connectivity index (χ1n) is 6.71. The molecule has 0 aromatic heterocycles. The average Bonchev–Trinajstić information content (AvgIpc) is 2.39. The monoisotopic (exact) mass is 296 g/mol. The van der Waals surface area contributed by atoms with Crippen LogP contribution in [0.3, 0.4) is 0 Å². The number of aryl methyl sites for hydroxylation is 1. The minimum absolute atomic E-state index is 0.116. The Bertz CT molecular complexity index is 613. The Morgan fingerprint density at radius 3 is 2.55 bits per heavy atom. The number of nitrogens with two attached hydrogens (primary N) is 1. The third-order valence-corrected chi connectivity index (χ3v) is 6.05. The van der Waals surface area contributed by atoms with Crippen LogP contribution in [0.25, 0.3) is 0 Å². The Balaban J connectivity index is 2.37. The fourth-order valence-corrected chi connectivity index (χ4v) is 4.55. The molecule has 0 radical (unpaired) electrons. The lowest BCUT2D eigenvalue weighted by Crippen LogP contribution is -2.48. The molecule has 6 heteroatoms. The summed E-state index contributed by atoms with van der Waals surface area (Å²) in [6.07, 6.45) is 1.30. The number of hydrogen-bond acceptors (Lipinski definition) is 3. The van der Waals surface area contributed by atoms with Gasteiger partial charge in [-0.25, -0.2) is 8.42 Å². The Kier molecular flexibility index (Phi) is 4.15. The van der Waals surface area contributed by atoms with Crippen LogP contribution in [-0.2, 0) is 14.8 Å². The van der Waals surface area contributed by atoms with Crippen molar-refractivity contribution in [1.82, 2.24) is 4.31 Å². The lowest BCUT2D eigenvalue weighted by atomic mass is 9.95. The number of benzene rings is 1. The number of sulfonamides is 1. The summed E-state index contributed by atoms with van der Waals surface area (Å²) in [5, 5.41) is 0. The van der Waals surface area contributed by atoms with Crippen molar-refractivity contribution < 1.29 is 13.2 Å². The average molecular weight is 296 g/mol. The van der Waals surface area contributed by atoms with Crippen molar-refractivity contribution in [3.63, 3.8) is 0 Å². The number of rotatable bonds is 3. The standard InChI is InChI=1S/C14H20N2O3S/c1-10-5-3-4-6-13(10)20(18,19)16-9-12(14(15)17)8-7-11(16)2/h3-6,11-12H,7-9H2,1-2H3,(H2,15,17). The number of piperidine rings is 1. The van der Waals surface area contributed by atoms with Crippen molar-refractivity contribution in [3.8, 4) is 0 Å². The zero-order valence-corrected chi connectivity index (χ0v) is 12.6. The van der Waals surface area contributed by atoms with Gasteiger partial charge in [0, 0.05) is 12.6 Å². The van der Waals surface area contributed by atoms with Crippen molar-refractivity contribution in [3.05, 3.63) is 29.8 Å². The SMILES string of the molecule is Cc1ccccc1S(=O)(=O)N1CC(C(N)=O)CCC1C. The predicted octanol–water partition coefficient (Wildman–Crippen LogP) is 1.27. The lowest BCUT2D eigenvalue weighted by Gasteiger charge is -2.36. The molecule has 1 aliphatic rings. The number of amides is 1. The van der Waals surface area contributed by atoms with Crippen LogP contribution < -0.4 is 5.73 Å². The van der Waals surface area contributed by atoms with Crippen LogP contribution in [0.15, 0.2) is 29.2 Å². The van der Waals surface area contributed by atoms with Gasteiger partial charge in [-0.15, -0.1) is 0 Å². The molecule has 1 aromatic rings. The fraction of sp³-hybridized carbons (Fsp3) is 0.500. The van der Waals surface area contributed by atoms with Gasteiger partial charge < -0.3 is 5.73 Å². The molecule has 1 heterocycles. The molecule has 1 saturated heterocycles. The van der Waals surface area contributed by atoms with E-state index in [1.165, 1.54) is 4.31 Å². The Morgan fingerprint density at radius 2 is 1.95 bits per heavy atom. The minimum atomic E-state index is -3.58. The van der Waals surface area contributed by atoms with Crippen LogP contribution in [0.5, 0.6) is 0 Å². The molecule has 1 aromatic carbocycles. The summed E-state index contributed by atoms with van der Waals surface area (Å²) in [6.45, 7) is 3.81. The normalized spacial score (nSPS) is 24.5. The van der Waals surface area contributed by atoms with Crippen molar-refractivity contribution in [2.45, 2.75) is 37.6 Å². The second kappa shape index (κ2) is 5.54. The van der Waals surface area contributed by atoms with E-state index in [-0.39, 0.29) is 12.6 Å². The molecule has 1 amide bonds. The minimum Gasteiger partial charge on any atom is -0.369 e. The van der Waals surface area contributed by atoms with Crippen molar-refractivity contribution >= 4 is 15.9 Å². The van der Waals surface area contributed by atoms with E-state index in [0.717, 1.165) is 0 Å². The first-order chi connectivity index (χ1) is 9.34. The highest BCUT2D eigenvalue weighted by Crippen LogP contribution is 2.29. The van der Waals surface area contributed by atoms with E-state index in [1.54, 1.807) is 31.2 Å². The van der Waals surface area contributed by atoms with Crippen LogP contribution >= 0.6 is 0 Å². The molecule has 0 saturated carbocycles. The van der Waals surface area contributed by atoms with Gasteiger partial charge in [0.15, 0.2) is 0 Å². The predicted molar refractivity (Wildman–Crippen MR) is 76.5 cm³/mol. The van der Waals surface area contributed by atoms with Crippen LogP contribution in [0, 0.1) is 12.8 Å². The van der Waals surface area contributed by atoms with Gasteiger partial charge in [-0.2, -0.15) is 4.31 Å². The van der Waals surface area contributed by atoms with Gasteiger partial charge in [0.25, 0.3) is 0 Å². The summed E-state index contributed by atoms with van der Waals surface area (Å²) in [4.78, 5) is 11.6. The van der Waals surface area contributed by atoms with Crippen molar-refractivity contribution in [2.24, 2.45) is 11.7 Å². The molecule has 2 unspecified atom stereocenters. The highest BCUT2D eigenvalue weighted by Gasteiger charge is 2.37. The molecular weight excluding hydrogens is 276 g/mol. The molecule has 1 fully saturated rings. The zero-order valence-electron chi connectivity index (χ0n) is 11.7. The molecule has 2 atom stereocenters. The molecule has 20 heavy (non-hydrogen) atoms. The third kappa shape index (κ3) is 2.71. The topological polar surface area (TPSA) is 80.5 Å². The molecule has 110 valence electrons. The quantitative estimate of drug-likeness (QED) is 0.912. The summed E-state index contributed by atoms with van der Waals surface area (Å²) in [5.41, 5.74) is 6.04. The van der Waals surface area contributed by atoms with Crippen molar-refractivity contribution in [1.29, 1.82) is 0 Å². The zero-order chi connectivity index (χ0) is 14.9. The summed E-state index contributed by atoms with van der Waals surface area (Å²) in [7, 11) is -3.58. The molecule has 0 spiro atoms. The number of carbonyl (C=O) groups is 1. The number of carbonyl (C=O) groups excluding carboxylic acids is 1. The smallest absolute Gasteiger partial charge is 0.243 e. The molecule has 0 aliphatic carbocycles. The first kappa shape index (κ1) is 15.0. The Morgan fingerprint density at radius 1 is 1.30 bits per heavy atom. The highest BCUT2D eigenvalue weighted by atomic mass is 32.2. The number of nitrogens with zero attached hydrogens (tertiary/aromatic N) is 1. The van der Waals surface area contributed by atoms with Gasteiger partial charge >= 0.3 is 0 Å². The van der Waals surface area contributed by atoms with Gasteiger partial charge in [-0.05, 0) is 38.3 Å². The summed E-state index contributed by atoms with van der Waals surface area (Å²) >= 11 is 0. The number of primary amides is 1. The molecule has 5 nitrogen and oxygen atoms in total. The third-order valence-electron chi connectivity index (χ3n) is 3.91. The second-order valence-electron chi connectivity index (χ2n) is 5.37. The van der Waals surface area contributed by atoms with E-state index >= 15 is 0 Å². The molecule has 2 rings (SSSR count). The fourth-order valence-electron chi connectivity index (χ4n) is 2.61. The molecular formula is C14H20N2O3S. The second-order valence-corrected chi connectivity index (χ2v) is 7.22. The van der Waals surface area contributed by atoms with E-state index in [0.29, 0.717) is 23.3 Å². The first-order valence-corrected chi connectivity index (χ1v) is 8.15. The Labute approximate surface area is 119 Å². The van der Waals surface area contributed by atoms with Gasteiger partial charge in [-0.3, -0.25) is 4.79 Å². The maximum Gasteiger partial charge on any atom is 0.243 e. The summed E-state index contributed by atoms with van der Waals surface area (Å²) < 4.78 is 26.9. The largest absolute Gasteiger partial charge is 0.369 e. The summed E-state index contributed by atoms with van der Waals surface area (Å²) in [5.74, 6) is -0.827. The number of hydrogen-bond donors (Lipinski definition) is 1. The molecule has 2 N–H and O–H groups in total. The van der Waals surface area contributed by atoms with Crippen LogP contribution in [0.4, 0.5) is 0 Å². The van der Waals surface area contributed by atoms with E-state index in [2.05, 4.69) is 0 Å². The van der Waals surface area contributed by atoms with Gasteiger partial charge in [0.2, 0.25) is 15.9 Å². The van der Waals surface area contributed by atoms with Gasteiger partial charge in [0.05, 0.1) is 10.8 Å². The molecule has 1 aliphatic heterocycles. The highest BCUT2D eigenvalue weighted by molar-refractivity contribution is 7.89. The maximum absolute atomic E-state index is 12.8. The van der Waals surface area contributed by atoms with Crippen LogP contribution in [-0.4, -0.2) is 31.2 Å². The van der Waals surface area contributed by atoms with Crippen LogP contribution in [0.2, 0.25) is 0 Å². The summed E-state index contributed by atoms with van der Waals surface area (Å²) in [6, 6.07) is 6.77. The van der Waals surface area contributed by atoms with E-state index in [9.17, 15) is 13.2 Å². The van der Waals surface area contributed by atoms with E-state index < -0.39 is 21.8 Å². The van der Waals surface area contributed by atoms with Gasteiger partial charge in [-0.1, -0.05) is 18.2 Å². The van der Waals surface area contributed by atoms with E-state index in [4.69, 9.17) is 5.73 Å². The molecule has 0 bridgehead atoms. The van der Waals surface area contributed by atoms with Gasteiger partial charge in [0.1, 0.15) is 0 Å².